The summed E-state index contributed by atoms with van der Waals surface area (Å²) >= 11 is 3.50. The molecule has 0 amide bonds. The van der Waals surface area contributed by atoms with Gasteiger partial charge in [0.1, 0.15) is 0 Å². The number of halogens is 1. The molecule has 0 radical (unpaired) electrons. The molecule has 1 aromatic rings. The summed E-state index contributed by atoms with van der Waals surface area (Å²) in [4.78, 5) is 0. The van der Waals surface area contributed by atoms with Crippen molar-refractivity contribution in [3.8, 4) is 0 Å². The molecule has 16 heavy (non-hydrogen) atoms. The summed E-state index contributed by atoms with van der Waals surface area (Å²) in [5.41, 5.74) is 1.64. The van der Waals surface area contributed by atoms with Gasteiger partial charge >= 0.3 is 0 Å². The number of hydrogen-bond donors (Lipinski definition) is 3. The highest BCUT2D eigenvalue weighted by Gasteiger charge is 2.22. The Kier molecular flexibility index (Phi) is 4.77. The summed E-state index contributed by atoms with van der Waals surface area (Å²) < 4.78 is 1.02. The van der Waals surface area contributed by atoms with E-state index in [-0.39, 0.29) is 13.2 Å². The third-order valence-electron chi connectivity index (χ3n) is 2.66. The Morgan fingerprint density at radius 3 is 2.50 bits per heavy atom. The van der Waals surface area contributed by atoms with Gasteiger partial charge in [0.2, 0.25) is 0 Å². The monoisotopic (exact) mass is 287 g/mol. The van der Waals surface area contributed by atoms with Crippen LogP contribution in [0.3, 0.4) is 0 Å². The quantitative estimate of drug-likeness (QED) is 0.778. The highest BCUT2D eigenvalue weighted by Crippen LogP contribution is 2.27. The first kappa shape index (κ1) is 13.5. The molecule has 3 N–H and O–H groups in total. The summed E-state index contributed by atoms with van der Waals surface area (Å²) in [6.07, 6.45) is 0. The van der Waals surface area contributed by atoms with Crippen LogP contribution in [0.15, 0.2) is 22.7 Å². The number of nitrogens with one attached hydrogen (secondary N) is 1. The van der Waals surface area contributed by atoms with Crippen molar-refractivity contribution in [3.05, 3.63) is 28.2 Å². The highest BCUT2D eigenvalue weighted by atomic mass is 79.9. The second-order valence-corrected chi connectivity index (χ2v) is 5.21. The van der Waals surface area contributed by atoms with E-state index < -0.39 is 5.41 Å². The Bertz CT molecular complexity index is 351. The van der Waals surface area contributed by atoms with E-state index in [1.165, 1.54) is 0 Å². The van der Waals surface area contributed by atoms with E-state index in [0.717, 1.165) is 15.7 Å². The Hall–Kier alpha value is -0.580. The number of aliphatic hydroxyl groups excluding tert-OH is 2. The van der Waals surface area contributed by atoms with Crippen LogP contribution in [-0.2, 0) is 0 Å². The van der Waals surface area contributed by atoms with Crippen LogP contribution in [0, 0.1) is 12.3 Å². The molecule has 0 unspecified atom stereocenters. The van der Waals surface area contributed by atoms with E-state index in [4.69, 9.17) is 0 Å². The molecule has 90 valence electrons. The molecule has 0 fully saturated rings. The van der Waals surface area contributed by atoms with Crippen molar-refractivity contribution >= 4 is 21.6 Å². The largest absolute Gasteiger partial charge is 0.396 e. The fraction of sp³-hybridized carbons (Fsp3) is 0.500. The van der Waals surface area contributed by atoms with Gasteiger partial charge in [-0.2, -0.15) is 0 Å². The van der Waals surface area contributed by atoms with Gasteiger partial charge in [-0.05, 0) is 34.5 Å². The normalized spacial score (nSPS) is 11.6. The van der Waals surface area contributed by atoms with Crippen molar-refractivity contribution in [2.24, 2.45) is 5.41 Å². The third kappa shape index (κ3) is 3.20. The molecular formula is C12H18BrNO2. The van der Waals surface area contributed by atoms with Crippen LogP contribution in [0.4, 0.5) is 5.69 Å². The lowest BCUT2D eigenvalue weighted by molar-refractivity contribution is 0.0806. The first-order chi connectivity index (χ1) is 7.52. The Balaban J connectivity index is 2.71. The fourth-order valence-corrected chi connectivity index (χ4v) is 1.66. The van der Waals surface area contributed by atoms with Crippen LogP contribution < -0.4 is 5.32 Å². The maximum absolute atomic E-state index is 9.18. The Labute approximate surface area is 105 Å². The molecule has 3 nitrogen and oxygen atoms in total. The molecular weight excluding hydrogens is 270 g/mol. The number of benzene rings is 1. The van der Waals surface area contributed by atoms with Crippen LogP contribution in [0.1, 0.15) is 12.5 Å². The zero-order valence-corrected chi connectivity index (χ0v) is 11.2. The van der Waals surface area contributed by atoms with Crippen LogP contribution in [0.5, 0.6) is 0 Å². The molecule has 1 aromatic carbocycles. The maximum atomic E-state index is 9.18. The van der Waals surface area contributed by atoms with Crippen molar-refractivity contribution in [2.75, 3.05) is 25.1 Å². The maximum Gasteiger partial charge on any atom is 0.0523 e. The molecule has 0 aliphatic carbocycles. The van der Waals surface area contributed by atoms with Crippen LogP contribution in [-0.4, -0.2) is 30.0 Å². The van der Waals surface area contributed by atoms with Crippen molar-refractivity contribution in [2.45, 2.75) is 13.8 Å². The van der Waals surface area contributed by atoms with Gasteiger partial charge in [-0.15, -0.1) is 0 Å². The minimum Gasteiger partial charge on any atom is -0.396 e. The van der Waals surface area contributed by atoms with Gasteiger partial charge in [0, 0.05) is 22.1 Å². The van der Waals surface area contributed by atoms with E-state index in [9.17, 15) is 10.2 Å². The predicted octanol–water partition coefficient (Wildman–Crippen LogP) is 2.16. The zero-order valence-electron chi connectivity index (χ0n) is 9.63. The van der Waals surface area contributed by atoms with Crippen LogP contribution in [0.25, 0.3) is 0 Å². The zero-order chi connectivity index (χ0) is 12.2. The first-order valence-electron chi connectivity index (χ1n) is 5.23. The smallest absolute Gasteiger partial charge is 0.0523 e. The number of aryl methyl sites for hydroxylation is 1. The summed E-state index contributed by atoms with van der Waals surface area (Å²) in [6, 6.07) is 5.95. The van der Waals surface area contributed by atoms with Gasteiger partial charge in [0.15, 0.2) is 0 Å². The molecule has 4 heteroatoms. The van der Waals surface area contributed by atoms with E-state index in [0.29, 0.717) is 6.54 Å². The molecule has 0 heterocycles. The van der Waals surface area contributed by atoms with Crippen LogP contribution in [0.2, 0.25) is 0 Å². The topological polar surface area (TPSA) is 52.5 Å². The summed E-state index contributed by atoms with van der Waals surface area (Å²) in [6.45, 7) is 4.30. The molecule has 0 saturated carbocycles. The minimum absolute atomic E-state index is 0.0417. The third-order valence-corrected chi connectivity index (χ3v) is 3.71. The molecule has 1 rings (SSSR count). The molecule has 0 saturated heterocycles. The highest BCUT2D eigenvalue weighted by molar-refractivity contribution is 9.10. The molecule has 0 aromatic heterocycles. The van der Waals surface area contributed by atoms with E-state index in [1.54, 1.807) is 0 Å². The molecule has 0 spiro atoms. The van der Waals surface area contributed by atoms with Gasteiger partial charge < -0.3 is 15.5 Å². The number of hydrogen-bond acceptors (Lipinski definition) is 3. The first-order valence-corrected chi connectivity index (χ1v) is 6.02. The molecule has 0 aliphatic heterocycles. The van der Waals surface area contributed by atoms with Gasteiger partial charge in [0.25, 0.3) is 0 Å². The Morgan fingerprint density at radius 1 is 1.31 bits per heavy atom. The van der Waals surface area contributed by atoms with Crippen molar-refractivity contribution in [1.29, 1.82) is 0 Å². The number of rotatable bonds is 5. The standard InChI is InChI=1S/C12H18BrNO2/c1-9-4-3-5-10(11(9)13)14-6-12(2,7-15)8-16/h3-5,14-16H,6-8H2,1-2H3. The van der Waals surface area contributed by atoms with Gasteiger partial charge in [0.05, 0.1) is 13.2 Å². The minimum atomic E-state index is -0.497. The van der Waals surface area contributed by atoms with Crippen molar-refractivity contribution < 1.29 is 10.2 Å². The van der Waals surface area contributed by atoms with Gasteiger partial charge in [-0.25, -0.2) is 0 Å². The van der Waals surface area contributed by atoms with Gasteiger partial charge in [-0.1, -0.05) is 19.1 Å². The second-order valence-electron chi connectivity index (χ2n) is 4.42. The average molecular weight is 288 g/mol. The SMILES string of the molecule is Cc1cccc(NCC(C)(CO)CO)c1Br. The van der Waals surface area contributed by atoms with Crippen LogP contribution >= 0.6 is 15.9 Å². The lowest BCUT2D eigenvalue weighted by Crippen LogP contribution is -2.34. The molecule has 0 atom stereocenters. The summed E-state index contributed by atoms with van der Waals surface area (Å²) in [5.74, 6) is 0. The summed E-state index contributed by atoms with van der Waals surface area (Å²) in [5, 5.41) is 21.6. The van der Waals surface area contributed by atoms with E-state index in [1.807, 2.05) is 32.0 Å². The number of anilines is 1. The average Bonchev–Trinajstić information content (AvgIpc) is 2.31. The lowest BCUT2D eigenvalue weighted by Gasteiger charge is -2.25. The molecule has 0 aliphatic rings. The fourth-order valence-electron chi connectivity index (χ4n) is 1.25. The van der Waals surface area contributed by atoms with Gasteiger partial charge in [-0.3, -0.25) is 0 Å². The van der Waals surface area contributed by atoms with Crippen molar-refractivity contribution in [1.82, 2.24) is 0 Å². The Morgan fingerprint density at radius 2 is 1.94 bits per heavy atom. The van der Waals surface area contributed by atoms with Crippen molar-refractivity contribution in [3.63, 3.8) is 0 Å². The number of aliphatic hydroxyl groups is 2. The second kappa shape index (κ2) is 5.66. The van der Waals surface area contributed by atoms with E-state index >= 15 is 0 Å². The lowest BCUT2D eigenvalue weighted by atomic mass is 9.93. The molecule has 0 bridgehead atoms. The summed E-state index contributed by atoms with van der Waals surface area (Å²) in [7, 11) is 0. The van der Waals surface area contributed by atoms with E-state index in [2.05, 4.69) is 21.2 Å². The predicted molar refractivity (Wildman–Crippen MR) is 69.6 cm³/mol.